The molecule has 0 saturated carbocycles. The van der Waals surface area contributed by atoms with Crippen LogP contribution in [-0.2, 0) is 13.3 Å². The first-order chi connectivity index (χ1) is 15.8. The number of carbonyl (C=O) groups is 1. The van der Waals surface area contributed by atoms with Gasteiger partial charge in [0.05, 0.1) is 21.6 Å². The summed E-state index contributed by atoms with van der Waals surface area (Å²) in [7, 11) is 0. The molecule has 0 unspecified atom stereocenters. The van der Waals surface area contributed by atoms with E-state index >= 15 is 0 Å². The fourth-order valence-corrected chi connectivity index (χ4v) is 3.71. The van der Waals surface area contributed by atoms with Crippen LogP contribution in [0, 0.1) is 0 Å². The van der Waals surface area contributed by atoms with Crippen LogP contribution in [0.3, 0.4) is 0 Å². The highest BCUT2D eigenvalue weighted by Crippen LogP contribution is 2.31. The molecule has 0 saturated heterocycles. The van der Waals surface area contributed by atoms with Crippen LogP contribution in [0.4, 0.5) is 5.82 Å². The third-order valence-corrected chi connectivity index (χ3v) is 6.24. The molecule has 2 aromatic carbocycles. The van der Waals surface area contributed by atoms with Crippen molar-refractivity contribution in [3.05, 3.63) is 91.2 Å². The van der Waals surface area contributed by atoms with E-state index in [1.807, 2.05) is 6.07 Å². The monoisotopic (exact) mass is 543 g/mol. The smallest absolute Gasteiger partial charge is 0.277 e. The summed E-state index contributed by atoms with van der Waals surface area (Å²) >= 11 is 30.3. The standard InChI is InChI=1S/C21H14Cl5N5O2/c22-13-5-4-12(8-15(13)24)9-31-10-16(25)20(29-31)27-21(32)17-6-7-30(28-17)11-33-18-3-1-2-14(23)19(18)26/h1-8,10H,9,11H2,(H,27,29,32). The van der Waals surface area contributed by atoms with E-state index < -0.39 is 5.91 Å². The number of carbonyl (C=O) groups excluding carboxylic acids is 1. The van der Waals surface area contributed by atoms with Crippen molar-refractivity contribution in [2.75, 3.05) is 5.32 Å². The Morgan fingerprint density at radius 3 is 2.52 bits per heavy atom. The fourth-order valence-electron chi connectivity index (χ4n) is 2.85. The number of amides is 1. The molecular formula is C21H14Cl5N5O2. The summed E-state index contributed by atoms with van der Waals surface area (Å²) in [5.41, 5.74) is 1.03. The van der Waals surface area contributed by atoms with Crippen molar-refractivity contribution in [3.63, 3.8) is 0 Å². The lowest BCUT2D eigenvalue weighted by atomic mass is 10.2. The maximum atomic E-state index is 12.6. The van der Waals surface area contributed by atoms with Crippen molar-refractivity contribution in [2.24, 2.45) is 0 Å². The SMILES string of the molecule is O=C(Nc1nn(Cc2ccc(Cl)c(Cl)c2)cc1Cl)c1ccn(COc2cccc(Cl)c2Cl)n1. The lowest BCUT2D eigenvalue weighted by Gasteiger charge is -2.08. The molecule has 1 amide bonds. The normalized spacial score (nSPS) is 10.9. The van der Waals surface area contributed by atoms with E-state index in [2.05, 4.69) is 15.5 Å². The van der Waals surface area contributed by atoms with Crippen molar-refractivity contribution >= 4 is 69.7 Å². The first kappa shape index (κ1) is 23.7. The Kier molecular flexibility index (Phi) is 7.36. The molecule has 0 bridgehead atoms. The van der Waals surface area contributed by atoms with Gasteiger partial charge >= 0.3 is 0 Å². The maximum absolute atomic E-state index is 12.6. The zero-order valence-corrected chi connectivity index (χ0v) is 20.4. The molecule has 0 spiro atoms. The number of benzene rings is 2. The summed E-state index contributed by atoms with van der Waals surface area (Å²) in [5, 5.41) is 13.0. The van der Waals surface area contributed by atoms with Crippen molar-refractivity contribution in [1.29, 1.82) is 0 Å². The summed E-state index contributed by atoms with van der Waals surface area (Å²) in [6, 6.07) is 11.9. The Hall–Kier alpha value is -2.42. The van der Waals surface area contributed by atoms with Crippen LogP contribution in [-0.4, -0.2) is 25.5 Å². The van der Waals surface area contributed by atoms with E-state index in [-0.39, 0.29) is 23.3 Å². The zero-order chi connectivity index (χ0) is 23.5. The number of hydrogen-bond acceptors (Lipinski definition) is 4. The highest BCUT2D eigenvalue weighted by atomic mass is 35.5. The molecule has 12 heteroatoms. The predicted molar refractivity (Wildman–Crippen MR) is 130 cm³/mol. The van der Waals surface area contributed by atoms with Gasteiger partial charge in [-0.2, -0.15) is 10.2 Å². The Balaban J connectivity index is 1.39. The van der Waals surface area contributed by atoms with E-state index in [9.17, 15) is 4.79 Å². The molecule has 33 heavy (non-hydrogen) atoms. The minimum Gasteiger partial charge on any atom is -0.470 e. The zero-order valence-electron chi connectivity index (χ0n) is 16.6. The number of nitrogens with zero attached hydrogens (tertiary/aromatic N) is 4. The minimum absolute atomic E-state index is 0.0341. The number of halogens is 5. The molecule has 2 aromatic heterocycles. The van der Waals surface area contributed by atoms with E-state index in [0.29, 0.717) is 32.4 Å². The number of anilines is 1. The molecule has 7 nitrogen and oxygen atoms in total. The Morgan fingerprint density at radius 2 is 1.73 bits per heavy atom. The van der Waals surface area contributed by atoms with Gasteiger partial charge in [-0.05, 0) is 35.9 Å². The van der Waals surface area contributed by atoms with Crippen LogP contribution < -0.4 is 10.1 Å². The molecule has 0 aliphatic heterocycles. The first-order valence-corrected chi connectivity index (χ1v) is 11.3. The van der Waals surface area contributed by atoms with Gasteiger partial charge in [-0.3, -0.25) is 9.48 Å². The number of hydrogen-bond donors (Lipinski definition) is 1. The fraction of sp³-hybridized carbons (Fsp3) is 0.0952. The molecule has 0 aliphatic rings. The summed E-state index contributed by atoms with van der Waals surface area (Å²) in [6.45, 7) is 0.427. The van der Waals surface area contributed by atoms with Crippen LogP contribution in [0.15, 0.2) is 54.9 Å². The second-order valence-electron chi connectivity index (χ2n) is 6.79. The number of rotatable bonds is 7. The Labute approximate surface area is 213 Å². The second kappa shape index (κ2) is 10.2. The van der Waals surface area contributed by atoms with Gasteiger partial charge in [0.15, 0.2) is 18.2 Å². The van der Waals surface area contributed by atoms with Crippen molar-refractivity contribution in [1.82, 2.24) is 19.6 Å². The molecule has 4 rings (SSSR count). The minimum atomic E-state index is -0.476. The van der Waals surface area contributed by atoms with Gasteiger partial charge in [-0.25, -0.2) is 4.68 Å². The van der Waals surface area contributed by atoms with Crippen LogP contribution >= 0.6 is 58.0 Å². The highest BCUT2D eigenvalue weighted by molar-refractivity contribution is 6.43. The van der Waals surface area contributed by atoms with Gasteiger partial charge in [-0.15, -0.1) is 0 Å². The third kappa shape index (κ3) is 5.75. The molecule has 1 N–H and O–H groups in total. The van der Waals surface area contributed by atoms with Gasteiger partial charge in [0.1, 0.15) is 15.8 Å². The van der Waals surface area contributed by atoms with E-state index in [0.717, 1.165) is 5.56 Å². The molecule has 2 heterocycles. The van der Waals surface area contributed by atoms with Crippen molar-refractivity contribution in [2.45, 2.75) is 13.3 Å². The second-order valence-corrected chi connectivity index (χ2v) is 8.80. The molecule has 170 valence electrons. The summed E-state index contributed by atoms with van der Waals surface area (Å²) in [6.07, 6.45) is 3.19. The Bertz CT molecular complexity index is 1320. The van der Waals surface area contributed by atoms with Gasteiger partial charge in [0.2, 0.25) is 0 Å². The van der Waals surface area contributed by atoms with Crippen LogP contribution in [0.25, 0.3) is 0 Å². The molecule has 0 atom stereocenters. The number of ether oxygens (including phenoxy) is 1. The molecule has 4 aromatic rings. The summed E-state index contributed by atoms with van der Waals surface area (Å²) in [5.74, 6) is 0.138. The predicted octanol–water partition coefficient (Wildman–Crippen LogP) is 6.68. The molecule has 0 radical (unpaired) electrons. The lowest BCUT2D eigenvalue weighted by Crippen LogP contribution is -2.15. The highest BCUT2D eigenvalue weighted by Gasteiger charge is 2.15. The lowest BCUT2D eigenvalue weighted by molar-refractivity contribution is 0.101. The van der Waals surface area contributed by atoms with Crippen molar-refractivity contribution < 1.29 is 9.53 Å². The largest absolute Gasteiger partial charge is 0.470 e. The van der Waals surface area contributed by atoms with Crippen molar-refractivity contribution in [3.8, 4) is 5.75 Å². The number of aromatic nitrogens is 4. The summed E-state index contributed by atoms with van der Waals surface area (Å²) < 4.78 is 8.63. The molecular weight excluding hydrogens is 532 g/mol. The van der Waals surface area contributed by atoms with Gasteiger partial charge in [0, 0.05) is 12.4 Å². The van der Waals surface area contributed by atoms with Crippen LogP contribution in [0.5, 0.6) is 5.75 Å². The molecule has 0 fully saturated rings. The Morgan fingerprint density at radius 1 is 0.909 bits per heavy atom. The average molecular weight is 546 g/mol. The van der Waals surface area contributed by atoms with E-state index in [1.54, 1.807) is 53.5 Å². The topological polar surface area (TPSA) is 74.0 Å². The quantitative estimate of drug-likeness (QED) is 0.281. The average Bonchev–Trinajstić information content (AvgIpc) is 3.38. The van der Waals surface area contributed by atoms with Gasteiger partial charge in [-0.1, -0.05) is 70.1 Å². The third-order valence-electron chi connectivity index (χ3n) is 4.42. The van der Waals surface area contributed by atoms with Gasteiger partial charge in [0.25, 0.3) is 5.91 Å². The summed E-state index contributed by atoms with van der Waals surface area (Å²) in [4.78, 5) is 12.6. The number of nitrogens with one attached hydrogen (secondary N) is 1. The van der Waals surface area contributed by atoms with Crippen LogP contribution in [0.1, 0.15) is 16.1 Å². The van der Waals surface area contributed by atoms with Crippen LogP contribution in [0.2, 0.25) is 25.1 Å². The first-order valence-electron chi connectivity index (χ1n) is 9.38. The molecule has 0 aliphatic carbocycles. The van der Waals surface area contributed by atoms with E-state index in [1.165, 1.54) is 4.68 Å². The van der Waals surface area contributed by atoms with E-state index in [4.69, 9.17) is 62.7 Å². The maximum Gasteiger partial charge on any atom is 0.277 e. The van der Waals surface area contributed by atoms with Gasteiger partial charge < -0.3 is 10.1 Å².